The van der Waals surface area contributed by atoms with Gasteiger partial charge in [0.25, 0.3) is 0 Å². The van der Waals surface area contributed by atoms with Gasteiger partial charge in [0.05, 0.1) is 18.1 Å². The standard InChI is InChI=1S/C19H25F3N4O2/c1-11(10-28-18(2,3)4)16(27)25-17-23-13-8-9-14(19(20,21)22)24-15(13)26(17)12-6-5-7-12/h8-9,11-12H,5-7,10H2,1-4H3,(H,23,25,27)/t11-/m1/s1. The van der Waals surface area contributed by atoms with Crippen molar-refractivity contribution in [3.05, 3.63) is 17.8 Å². The molecular formula is C19H25F3N4O2. The lowest BCUT2D eigenvalue weighted by atomic mass is 9.93. The molecule has 0 radical (unpaired) electrons. The number of carbonyl (C=O) groups excluding carboxylic acids is 1. The molecule has 3 rings (SSSR count). The molecule has 0 saturated heterocycles. The molecule has 1 aliphatic rings. The molecular weight excluding hydrogens is 373 g/mol. The van der Waals surface area contributed by atoms with Crippen molar-refractivity contribution in [1.29, 1.82) is 0 Å². The van der Waals surface area contributed by atoms with E-state index in [-0.39, 0.29) is 35.8 Å². The molecule has 0 aromatic carbocycles. The average Bonchev–Trinajstić information content (AvgIpc) is 2.87. The third kappa shape index (κ3) is 4.45. The number of nitrogens with one attached hydrogen (secondary N) is 1. The summed E-state index contributed by atoms with van der Waals surface area (Å²) < 4.78 is 46.5. The zero-order valence-corrected chi connectivity index (χ0v) is 16.4. The predicted octanol–water partition coefficient (Wildman–Crippen LogP) is 4.56. The predicted molar refractivity (Wildman–Crippen MR) is 98.9 cm³/mol. The van der Waals surface area contributed by atoms with Crippen molar-refractivity contribution in [2.24, 2.45) is 5.92 Å². The van der Waals surface area contributed by atoms with Gasteiger partial charge in [0.1, 0.15) is 11.2 Å². The van der Waals surface area contributed by atoms with E-state index in [9.17, 15) is 18.0 Å². The highest BCUT2D eigenvalue weighted by atomic mass is 19.4. The second kappa shape index (κ2) is 7.35. The number of imidazole rings is 1. The van der Waals surface area contributed by atoms with Crippen molar-refractivity contribution in [1.82, 2.24) is 14.5 Å². The number of pyridine rings is 1. The highest BCUT2D eigenvalue weighted by Gasteiger charge is 2.34. The molecule has 154 valence electrons. The maximum absolute atomic E-state index is 13.1. The maximum Gasteiger partial charge on any atom is 0.433 e. The van der Waals surface area contributed by atoms with E-state index in [1.54, 1.807) is 11.5 Å². The Kier molecular flexibility index (Phi) is 5.40. The topological polar surface area (TPSA) is 69.0 Å². The van der Waals surface area contributed by atoms with E-state index in [0.717, 1.165) is 25.3 Å². The zero-order chi connectivity index (χ0) is 20.7. The van der Waals surface area contributed by atoms with Crippen LogP contribution in [0.25, 0.3) is 11.2 Å². The van der Waals surface area contributed by atoms with Crippen LogP contribution in [0.4, 0.5) is 19.1 Å². The Hall–Kier alpha value is -2.16. The van der Waals surface area contributed by atoms with Gasteiger partial charge in [0, 0.05) is 6.04 Å². The van der Waals surface area contributed by atoms with Crippen LogP contribution in [0.1, 0.15) is 58.7 Å². The summed E-state index contributed by atoms with van der Waals surface area (Å²) in [6, 6.07) is 2.19. The van der Waals surface area contributed by atoms with Crippen LogP contribution in [0.2, 0.25) is 0 Å². The minimum absolute atomic E-state index is 0.0163. The number of hydrogen-bond acceptors (Lipinski definition) is 4. The minimum Gasteiger partial charge on any atom is -0.375 e. The Morgan fingerprint density at radius 2 is 1.96 bits per heavy atom. The fraction of sp³-hybridized carbons (Fsp3) is 0.632. The van der Waals surface area contributed by atoms with Crippen molar-refractivity contribution < 1.29 is 22.7 Å². The van der Waals surface area contributed by atoms with Gasteiger partial charge in [-0.15, -0.1) is 0 Å². The van der Waals surface area contributed by atoms with Crippen molar-refractivity contribution in [2.45, 2.75) is 64.8 Å². The van der Waals surface area contributed by atoms with Gasteiger partial charge in [-0.1, -0.05) is 6.92 Å². The fourth-order valence-electron chi connectivity index (χ4n) is 2.89. The van der Waals surface area contributed by atoms with Crippen molar-refractivity contribution >= 4 is 23.0 Å². The van der Waals surface area contributed by atoms with Gasteiger partial charge in [-0.2, -0.15) is 13.2 Å². The van der Waals surface area contributed by atoms with Crippen LogP contribution in [0.15, 0.2) is 12.1 Å². The summed E-state index contributed by atoms with van der Waals surface area (Å²) in [5.41, 5.74) is -0.863. The smallest absolute Gasteiger partial charge is 0.375 e. The Bertz CT molecular complexity index is 866. The summed E-state index contributed by atoms with van der Waals surface area (Å²) in [6.07, 6.45) is -1.93. The first-order valence-corrected chi connectivity index (χ1v) is 9.37. The molecule has 1 amide bonds. The average molecular weight is 398 g/mol. The van der Waals surface area contributed by atoms with Gasteiger partial charge < -0.3 is 4.74 Å². The van der Waals surface area contributed by atoms with E-state index in [1.165, 1.54) is 6.07 Å². The molecule has 2 heterocycles. The minimum atomic E-state index is -4.54. The molecule has 6 nitrogen and oxygen atoms in total. The lowest BCUT2D eigenvalue weighted by Gasteiger charge is -2.29. The van der Waals surface area contributed by atoms with Gasteiger partial charge in [-0.3, -0.25) is 14.7 Å². The van der Waals surface area contributed by atoms with Crippen LogP contribution in [-0.4, -0.2) is 32.7 Å². The van der Waals surface area contributed by atoms with Crippen molar-refractivity contribution in [3.8, 4) is 0 Å². The van der Waals surface area contributed by atoms with Gasteiger partial charge in [0.2, 0.25) is 11.9 Å². The first-order chi connectivity index (χ1) is 13.0. The third-order valence-corrected chi connectivity index (χ3v) is 4.72. The molecule has 0 spiro atoms. The van der Waals surface area contributed by atoms with Crippen LogP contribution >= 0.6 is 0 Å². The Labute approximate surface area is 161 Å². The Morgan fingerprint density at radius 3 is 2.50 bits per heavy atom. The molecule has 9 heteroatoms. The Balaban J connectivity index is 1.89. The van der Waals surface area contributed by atoms with E-state index < -0.39 is 17.8 Å². The highest BCUT2D eigenvalue weighted by molar-refractivity contribution is 5.92. The number of amides is 1. The number of anilines is 1. The molecule has 2 aromatic rings. The molecule has 0 unspecified atom stereocenters. The lowest BCUT2D eigenvalue weighted by molar-refractivity contribution is -0.141. The van der Waals surface area contributed by atoms with E-state index in [0.29, 0.717) is 5.52 Å². The summed E-state index contributed by atoms with van der Waals surface area (Å²) in [6.45, 7) is 7.67. The summed E-state index contributed by atoms with van der Waals surface area (Å²) >= 11 is 0. The van der Waals surface area contributed by atoms with Crippen molar-refractivity contribution in [3.63, 3.8) is 0 Å². The van der Waals surface area contributed by atoms with Crippen LogP contribution in [0, 0.1) is 5.92 Å². The Morgan fingerprint density at radius 1 is 1.29 bits per heavy atom. The lowest BCUT2D eigenvalue weighted by Crippen LogP contribution is -2.30. The molecule has 2 aromatic heterocycles. The molecule has 1 saturated carbocycles. The number of carbonyl (C=O) groups is 1. The quantitative estimate of drug-likeness (QED) is 0.801. The number of alkyl halides is 3. The van der Waals surface area contributed by atoms with Crippen molar-refractivity contribution in [2.75, 3.05) is 11.9 Å². The second-order valence-corrected chi connectivity index (χ2v) is 8.24. The maximum atomic E-state index is 13.1. The highest BCUT2D eigenvalue weighted by Crippen LogP contribution is 2.38. The van der Waals surface area contributed by atoms with Crippen LogP contribution in [-0.2, 0) is 15.7 Å². The van der Waals surface area contributed by atoms with Gasteiger partial charge in [0.15, 0.2) is 5.65 Å². The first kappa shape index (κ1) is 20.6. The van der Waals surface area contributed by atoms with Gasteiger partial charge in [-0.05, 0) is 52.2 Å². The number of fused-ring (bicyclic) bond motifs is 1. The third-order valence-electron chi connectivity index (χ3n) is 4.72. The number of halogens is 3. The number of aromatic nitrogens is 3. The molecule has 0 bridgehead atoms. The SMILES string of the molecule is C[C@H](COC(C)(C)C)C(=O)Nc1nc2ccc(C(F)(F)F)nc2n1C1CCC1. The number of nitrogens with zero attached hydrogens (tertiary/aromatic N) is 3. The summed E-state index contributed by atoms with van der Waals surface area (Å²) in [5.74, 6) is -0.497. The van der Waals surface area contributed by atoms with Crippen LogP contribution < -0.4 is 5.32 Å². The van der Waals surface area contributed by atoms with E-state index in [1.807, 2.05) is 20.8 Å². The number of rotatable bonds is 5. The number of hydrogen-bond donors (Lipinski definition) is 1. The van der Waals surface area contributed by atoms with Gasteiger partial charge >= 0.3 is 6.18 Å². The largest absolute Gasteiger partial charge is 0.433 e. The van der Waals surface area contributed by atoms with E-state index in [2.05, 4.69) is 15.3 Å². The molecule has 1 atom stereocenters. The normalized spacial score (nSPS) is 16.8. The number of ether oxygens (including phenoxy) is 1. The summed E-state index contributed by atoms with van der Waals surface area (Å²) in [7, 11) is 0. The zero-order valence-electron chi connectivity index (χ0n) is 16.4. The second-order valence-electron chi connectivity index (χ2n) is 8.24. The van der Waals surface area contributed by atoms with E-state index >= 15 is 0 Å². The molecule has 28 heavy (non-hydrogen) atoms. The monoisotopic (exact) mass is 398 g/mol. The van der Waals surface area contributed by atoms with Crippen LogP contribution in [0.3, 0.4) is 0 Å². The molecule has 1 fully saturated rings. The van der Waals surface area contributed by atoms with E-state index in [4.69, 9.17) is 4.74 Å². The molecule has 1 aliphatic carbocycles. The molecule has 1 N–H and O–H groups in total. The first-order valence-electron chi connectivity index (χ1n) is 9.37. The molecule has 0 aliphatic heterocycles. The fourth-order valence-corrected chi connectivity index (χ4v) is 2.89. The summed E-state index contributed by atoms with van der Waals surface area (Å²) in [4.78, 5) is 20.7. The summed E-state index contributed by atoms with van der Waals surface area (Å²) in [5, 5.41) is 2.75. The van der Waals surface area contributed by atoms with Crippen LogP contribution in [0.5, 0.6) is 0 Å². The van der Waals surface area contributed by atoms with Gasteiger partial charge in [-0.25, -0.2) is 9.97 Å².